The van der Waals surface area contributed by atoms with Crippen LogP contribution in [0.2, 0.25) is 0 Å². The summed E-state index contributed by atoms with van der Waals surface area (Å²) < 4.78 is 16.3. The molecule has 0 aliphatic carbocycles. The first-order valence-electron chi connectivity index (χ1n) is 5.79. The van der Waals surface area contributed by atoms with E-state index >= 15 is 0 Å². The third-order valence-corrected chi connectivity index (χ3v) is 2.28. The van der Waals surface area contributed by atoms with E-state index in [1.807, 2.05) is 32.0 Å². The van der Waals surface area contributed by atoms with Gasteiger partial charge in [0.05, 0.1) is 19.8 Å². The molecule has 17 heavy (non-hydrogen) atoms. The Balaban J connectivity index is 2.61. The fourth-order valence-corrected chi connectivity index (χ4v) is 1.47. The molecule has 96 valence electrons. The van der Waals surface area contributed by atoms with E-state index < -0.39 is 0 Å². The summed E-state index contributed by atoms with van der Waals surface area (Å²) in [5, 5.41) is 0. The van der Waals surface area contributed by atoms with Crippen LogP contribution >= 0.6 is 0 Å². The Morgan fingerprint density at radius 1 is 1.24 bits per heavy atom. The first kappa shape index (κ1) is 13.8. The molecule has 0 amide bonds. The lowest BCUT2D eigenvalue weighted by molar-refractivity contribution is 0.0545. The van der Waals surface area contributed by atoms with Gasteiger partial charge in [-0.25, -0.2) is 0 Å². The monoisotopic (exact) mass is 239 g/mol. The topological polar surface area (TPSA) is 53.7 Å². The predicted octanol–water partition coefficient (Wildman–Crippen LogP) is 1.96. The van der Waals surface area contributed by atoms with Gasteiger partial charge in [-0.15, -0.1) is 0 Å². The largest absolute Gasteiger partial charge is 0.493 e. The summed E-state index contributed by atoms with van der Waals surface area (Å²) in [6.45, 7) is 5.46. The second-order valence-corrected chi connectivity index (χ2v) is 3.92. The lowest BCUT2D eigenvalue weighted by Gasteiger charge is -2.14. The molecule has 0 bridgehead atoms. The van der Waals surface area contributed by atoms with Gasteiger partial charge in [-0.2, -0.15) is 0 Å². The summed E-state index contributed by atoms with van der Waals surface area (Å²) in [5.74, 6) is 1.42. The molecular formula is C13H21NO3. The standard InChI is InChI=1S/C13H21NO3/c1-10(2)16-7-8-17-13-11(9-14)5-4-6-12(13)15-3/h4-6,10H,7-9,14H2,1-3H3. The zero-order valence-corrected chi connectivity index (χ0v) is 10.7. The Kier molecular flexibility index (Phi) is 5.80. The summed E-state index contributed by atoms with van der Waals surface area (Å²) >= 11 is 0. The van der Waals surface area contributed by atoms with Crippen LogP contribution in [0.25, 0.3) is 0 Å². The van der Waals surface area contributed by atoms with Crippen molar-refractivity contribution in [2.24, 2.45) is 5.73 Å². The summed E-state index contributed by atoms with van der Waals surface area (Å²) in [5.41, 5.74) is 6.60. The number of para-hydroxylation sites is 1. The summed E-state index contributed by atoms with van der Waals surface area (Å²) in [7, 11) is 1.62. The summed E-state index contributed by atoms with van der Waals surface area (Å²) in [4.78, 5) is 0. The molecule has 0 heterocycles. The molecule has 0 radical (unpaired) electrons. The van der Waals surface area contributed by atoms with Gasteiger partial charge in [0, 0.05) is 12.1 Å². The average Bonchev–Trinajstić information content (AvgIpc) is 2.34. The van der Waals surface area contributed by atoms with E-state index in [1.54, 1.807) is 7.11 Å². The molecule has 0 unspecified atom stereocenters. The lowest BCUT2D eigenvalue weighted by Crippen LogP contribution is -2.13. The Hall–Kier alpha value is -1.26. The van der Waals surface area contributed by atoms with E-state index in [9.17, 15) is 0 Å². The molecule has 1 aromatic carbocycles. The maximum Gasteiger partial charge on any atom is 0.165 e. The van der Waals surface area contributed by atoms with Gasteiger partial charge >= 0.3 is 0 Å². The van der Waals surface area contributed by atoms with Crippen molar-refractivity contribution in [2.75, 3.05) is 20.3 Å². The maximum absolute atomic E-state index is 5.67. The number of hydrogen-bond acceptors (Lipinski definition) is 4. The number of nitrogens with two attached hydrogens (primary N) is 1. The van der Waals surface area contributed by atoms with E-state index in [0.29, 0.717) is 31.3 Å². The number of rotatable bonds is 7. The van der Waals surface area contributed by atoms with Crippen molar-refractivity contribution < 1.29 is 14.2 Å². The van der Waals surface area contributed by atoms with Crippen LogP contribution in [0.1, 0.15) is 19.4 Å². The molecule has 2 N–H and O–H groups in total. The van der Waals surface area contributed by atoms with Crippen LogP contribution in [0.5, 0.6) is 11.5 Å². The zero-order valence-electron chi connectivity index (χ0n) is 10.7. The highest BCUT2D eigenvalue weighted by molar-refractivity contribution is 5.46. The normalized spacial score (nSPS) is 10.6. The molecule has 0 spiro atoms. The highest BCUT2D eigenvalue weighted by Crippen LogP contribution is 2.30. The van der Waals surface area contributed by atoms with E-state index in [1.165, 1.54) is 0 Å². The first-order chi connectivity index (χ1) is 8.19. The van der Waals surface area contributed by atoms with Crippen LogP contribution < -0.4 is 15.2 Å². The number of ether oxygens (including phenoxy) is 3. The maximum atomic E-state index is 5.67. The van der Waals surface area contributed by atoms with Gasteiger partial charge in [0.15, 0.2) is 11.5 Å². The van der Waals surface area contributed by atoms with E-state index in [4.69, 9.17) is 19.9 Å². The van der Waals surface area contributed by atoms with E-state index in [0.717, 1.165) is 5.56 Å². The minimum Gasteiger partial charge on any atom is -0.493 e. The second-order valence-electron chi connectivity index (χ2n) is 3.92. The van der Waals surface area contributed by atoms with E-state index in [-0.39, 0.29) is 6.10 Å². The second kappa shape index (κ2) is 7.14. The van der Waals surface area contributed by atoms with Crippen LogP contribution in [-0.2, 0) is 11.3 Å². The van der Waals surface area contributed by atoms with Crippen LogP contribution in [0, 0.1) is 0 Å². The van der Waals surface area contributed by atoms with Crippen molar-refractivity contribution >= 4 is 0 Å². The van der Waals surface area contributed by atoms with Crippen molar-refractivity contribution in [3.05, 3.63) is 23.8 Å². The van der Waals surface area contributed by atoms with Gasteiger partial charge < -0.3 is 19.9 Å². The number of benzene rings is 1. The van der Waals surface area contributed by atoms with Gasteiger partial charge in [0.1, 0.15) is 6.61 Å². The zero-order chi connectivity index (χ0) is 12.7. The van der Waals surface area contributed by atoms with Crippen molar-refractivity contribution in [1.82, 2.24) is 0 Å². The molecule has 0 atom stereocenters. The highest BCUT2D eigenvalue weighted by atomic mass is 16.5. The molecule has 0 aliphatic rings. The third kappa shape index (κ3) is 4.24. The third-order valence-electron chi connectivity index (χ3n) is 2.28. The molecule has 0 aliphatic heterocycles. The Morgan fingerprint density at radius 2 is 2.00 bits per heavy atom. The molecule has 1 rings (SSSR count). The summed E-state index contributed by atoms with van der Waals surface area (Å²) in [6.07, 6.45) is 0.213. The molecule has 0 saturated carbocycles. The Morgan fingerprint density at radius 3 is 2.59 bits per heavy atom. The minimum atomic E-state index is 0.213. The quantitative estimate of drug-likeness (QED) is 0.739. The molecular weight excluding hydrogens is 218 g/mol. The van der Waals surface area contributed by atoms with Gasteiger partial charge in [-0.05, 0) is 19.9 Å². The van der Waals surface area contributed by atoms with Gasteiger partial charge in [-0.3, -0.25) is 0 Å². The Labute approximate surface area is 103 Å². The molecule has 0 fully saturated rings. The van der Waals surface area contributed by atoms with Crippen molar-refractivity contribution in [2.45, 2.75) is 26.5 Å². The molecule has 4 nitrogen and oxygen atoms in total. The van der Waals surface area contributed by atoms with Gasteiger partial charge in [-0.1, -0.05) is 12.1 Å². The van der Waals surface area contributed by atoms with Crippen LogP contribution in [0.15, 0.2) is 18.2 Å². The smallest absolute Gasteiger partial charge is 0.165 e. The highest BCUT2D eigenvalue weighted by Gasteiger charge is 2.09. The summed E-state index contributed by atoms with van der Waals surface area (Å²) in [6, 6.07) is 5.69. The first-order valence-corrected chi connectivity index (χ1v) is 5.79. The number of methoxy groups -OCH3 is 1. The fraction of sp³-hybridized carbons (Fsp3) is 0.538. The predicted molar refractivity (Wildman–Crippen MR) is 67.5 cm³/mol. The minimum absolute atomic E-state index is 0.213. The lowest BCUT2D eigenvalue weighted by atomic mass is 10.2. The molecule has 0 aromatic heterocycles. The van der Waals surface area contributed by atoms with Crippen molar-refractivity contribution in [1.29, 1.82) is 0 Å². The van der Waals surface area contributed by atoms with Crippen LogP contribution in [0.4, 0.5) is 0 Å². The number of hydrogen-bond donors (Lipinski definition) is 1. The van der Waals surface area contributed by atoms with Gasteiger partial charge in [0.2, 0.25) is 0 Å². The van der Waals surface area contributed by atoms with Crippen molar-refractivity contribution in [3.63, 3.8) is 0 Å². The molecule has 0 saturated heterocycles. The molecule has 4 heteroatoms. The SMILES string of the molecule is COc1cccc(CN)c1OCCOC(C)C. The van der Waals surface area contributed by atoms with E-state index in [2.05, 4.69) is 0 Å². The van der Waals surface area contributed by atoms with Gasteiger partial charge in [0.25, 0.3) is 0 Å². The Bertz CT molecular complexity index is 317. The van der Waals surface area contributed by atoms with Crippen LogP contribution in [-0.4, -0.2) is 26.4 Å². The fourth-order valence-electron chi connectivity index (χ4n) is 1.47. The van der Waals surface area contributed by atoms with Crippen LogP contribution in [0.3, 0.4) is 0 Å². The average molecular weight is 239 g/mol. The van der Waals surface area contributed by atoms with Crippen molar-refractivity contribution in [3.8, 4) is 11.5 Å². The molecule has 1 aromatic rings.